The number of nitrogens with one attached hydrogen (secondary N) is 1. The van der Waals surface area contributed by atoms with Gasteiger partial charge in [-0.2, -0.15) is 0 Å². The molecule has 0 aliphatic heterocycles. The summed E-state index contributed by atoms with van der Waals surface area (Å²) in [5.41, 5.74) is 5.89. The zero-order chi connectivity index (χ0) is 26.6. The Kier molecular flexibility index (Phi) is 9.23. The number of carbonyl (C=O) groups is 3. The Balaban J connectivity index is 1.65. The van der Waals surface area contributed by atoms with Crippen molar-refractivity contribution >= 4 is 69.1 Å². The van der Waals surface area contributed by atoms with E-state index in [1.165, 1.54) is 0 Å². The number of halogens is 2. The normalized spacial score (nSPS) is 11.0. The number of hydrogen-bond donors (Lipinski definition) is 2. The topological polar surface area (TPSA) is 138 Å². The number of thioether (sulfide) groups is 1. The van der Waals surface area contributed by atoms with E-state index in [9.17, 15) is 14.4 Å². The number of esters is 1. The van der Waals surface area contributed by atoms with Crippen molar-refractivity contribution in [3.05, 3.63) is 50.1 Å². The average molecular weight is 572 g/mol. The molecule has 10 nitrogen and oxygen atoms in total. The Labute approximate surface area is 225 Å². The Bertz CT molecular complexity index is 1310. The molecule has 0 saturated carbocycles. The summed E-state index contributed by atoms with van der Waals surface area (Å²) in [4.78, 5) is 37.2. The molecule has 0 unspecified atom stereocenters. The molecular formula is C22H23Cl2N5O5S2. The second-order valence-electron chi connectivity index (χ2n) is 7.74. The summed E-state index contributed by atoms with van der Waals surface area (Å²) >= 11 is 14.1. The summed E-state index contributed by atoms with van der Waals surface area (Å²) < 4.78 is 12.6. The molecule has 0 saturated heterocycles. The minimum atomic E-state index is -0.695. The monoisotopic (exact) mass is 571 g/mol. The van der Waals surface area contributed by atoms with Gasteiger partial charge < -0.3 is 25.1 Å². The quantitative estimate of drug-likeness (QED) is 0.268. The molecule has 2 amide bonds. The Morgan fingerprint density at radius 1 is 1.25 bits per heavy atom. The number of rotatable bonds is 10. The number of primary amides is 1. The average Bonchev–Trinajstić information content (AvgIpc) is 3.30. The highest BCUT2D eigenvalue weighted by molar-refractivity contribution is 7.99. The third-order valence-electron chi connectivity index (χ3n) is 4.68. The van der Waals surface area contributed by atoms with Gasteiger partial charge >= 0.3 is 5.97 Å². The molecule has 1 aromatic carbocycles. The van der Waals surface area contributed by atoms with Gasteiger partial charge in [-0.15, -0.1) is 21.5 Å². The maximum atomic E-state index is 12.7. The van der Waals surface area contributed by atoms with Crippen LogP contribution < -0.4 is 15.8 Å². The highest BCUT2D eigenvalue weighted by Crippen LogP contribution is 2.34. The summed E-state index contributed by atoms with van der Waals surface area (Å²) in [5, 5.41) is 12.4. The molecular weight excluding hydrogens is 549 g/mol. The summed E-state index contributed by atoms with van der Waals surface area (Å²) in [6.07, 6.45) is -0.377. The molecule has 3 aromatic rings. The van der Waals surface area contributed by atoms with Crippen LogP contribution in [-0.2, 0) is 23.2 Å². The van der Waals surface area contributed by atoms with Crippen LogP contribution in [0.3, 0.4) is 0 Å². The van der Waals surface area contributed by atoms with Gasteiger partial charge in [0.05, 0.1) is 27.3 Å². The van der Waals surface area contributed by atoms with Crippen molar-refractivity contribution in [2.24, 2.45) is 12.8 Å². The predicted molar refractivity (Wildman–Crippen MR) is 139 cm³/mol. The first-order valence-electron chi connectivity index (χ1n) is 10.5. The molecule has 14 heteroatoms. The lowest BCUT2D eigenvalue weighted by molar-refractivity contribution is -0.113. The van der Waals surface area contributed by atoms with Crippen LogP contribution in [0.15, 0.2) is 23.4 Å². The molecule has 3 N–H and O–H groups in total. The molecule has 0 spiro atoms. The van der Waals surface area contributed by atoms with Gasteiger partial charge in [-0.25, -0.2) is 4.79 Å². The van der Waals surface area contributed by atoms with Gasteiger partial charge in [-0.3, -0.25) is 9.59 Å². The van der Waals surface area contributed by atoms with Gasteiger partial charge in [0.25, 0.3) is 5.91 Å². The Morgan fingerprint density at radius 3 is 2.61 bits per heavy atom. The second kappa shape index (κ2) is 12.0. The third kappa shape index (κ3) is 6.69. The van der Waals surface area contributed by atoms with Crippen LogP contribution in [0.4, 0.5) is 5.00 Å². The lowest BCUT2D eigenvalue weighted by atomic mass is 10.1. The zero-order valence-electron chi connectivity index (χ0n) is 19.8. The molecule has 36 heavy (non-hydrogen) atoms. The number of carbonyl (C=O) groups excluding carboxylic acids is 3. The van der Waals surface area contributed by atoms with E-state index in [1.807, 2.05) is 0 Å². The van der Waals surface area contributed by atoms with Gasteiger partial charge in [-0.1, -0.05) is 35.0 Å². The lowest BCUT2D eigenvalue weighted by Gasteiger charge is -2.10. The number of hydrogen-bond acceptors (Lipinski definition) is 9. The molecule has 2 heterocycles. The van der Waals surface area contributed by atoms with Crippen LogP contribution >= 0.6 is 46.3 Å². The van der Waals surface area contributed by atoms with Crippen molar-refractivity contribution in [2.45, 2.75) is 38.6 Å². The minimum absolute atomic E-state index is 0.0304. The number of amides is 2. The third-order valence-corrected chi connectivity index (χ3v) is 7.45. The number of aromatic nitrogens is 3. The summed E-state index contributed by atoms with van der Waals surface area (Å²) in [5.74, 6) is -0.817. The van der Waals surface area contributed by atoms with Gasteiger partial charge in [0.2, 0.25) is 5.91 Å². The van der Waals surface area contributed by atoms with Crippen molar-refractivity contribution in [3.8, 4) is 5.75 Å². The van der Waals surface area contributed by atoms with Crippen LogP contribution in [0.25, 0.3) is 0 Å². The summed E-state index contributed by atoms with van der Waals surface area (Å²) in [6.45, 7) is 5.09. The van der Waals surface area contributed by atoms with Crippen LogP contribution in [0.2, 0.25) is 10.0 Å². The maximum absolute atomic E-state index is 12.7. The number of nitrogens with zero attached hydrogens (tertiary/aromatic N) is 3. The van der Waals surface area contributed by atoms with E-state index in [0.29, 0.717) is 32.3 Å². The molecule has 0 bridgehead atoms. The fourth-order valence-electron chi connectivity index (χ4n) is 2.98. The van der Waals surface area contributed by atoms with Crippen LogP contribution in [-0.4, -0.2) is 44.4 Å². The fourth-order valence-corrected chi connectivity index (χ4v) is 5.24. The van der Waals surface area contributed by atoms with Crippen molar-refractivity contribution in [3.63, 3.8) is 0 Å². The minimum Gasteiger partial charge on any atom is -0.484 e. The van der Waals surface area contributed by atoms with Crippen LogP contribution in [0.1, 0.15) is 45.3 Å². The molecule has 0 radical (unpaired) electrons. The highest BCUT2D eigenvalue weighted by atomic mass is 35.5. The SMILES string of the molecule is Cc1c(C(N)=O)sc(NC(=O)CSc2nnc(COc3ccc(Cl)cc3Cl)n2C)c1C(=O)OC(C)C. The lowest BCUT2D eigenvalue weighted by Crippen LogP contribution is -2.18. The van der Waals surface area contributed by atoms with E-state index in [1.54, 1.807) is 50.6 Å². The molecule has 0 fully saturated rings. The molecule has 0 aliphatic rings. The molecule has 0 atom stereocenters. The molecule has 192 valence electrons. The van der Waals surface area contributed by atoms with Crippen molar-refractivity contribution in [2.75, 3.05) is 11.1 Å². The number of nitrogens with two attached hydrogens (primary N) is 1. The Morgan fingerprint density at radius 2 is 1.97 bits per heavy atom. The number of benzene rings is 1. The van der Waals surface area contributed by atoms with Gasteiger partial charge in [0.1, 0.15) is 17.4 Å². The largest absolute Gasteiger partial charge is 0.484 e. The van der Waals surface area contributed by atoms with Gasteiger partial charge in [0.15, 0.2) is 11.0 Å². The van der Waals surface area contributed by atoms with E-state index in [4.69, 9.17) is 38.4 Å². The van der Waals surface area contributed by atoms with E-state index < -0.39 is 17.8 Å². The van der Waals surface area contributed by atoms with E-state index in [-0.39, 0.29) is 33.9 Å². The van der Waals surface area contributed by atoms with Crippen molar-refractivity contribution in [1.82, 2.24) is 14.8 Å². The summed E-state index contributed by atoms with van der Waals surface area (Å²) in [6, 6.07) is 4.89. The highest BCUT2D eigenvalue weighted by Gasteiger charge is 2.26. The first kappa shape index (κ1) is 27.8. The predicted octanol–water partition coefficient (Wildman–Crippen LogP) is 4.47. The molecule has 0 aliphatic carbocycles. The first-order chi connectivity index (χ1) is 17.0. The fraction of sp³-hybridized carbons (Fsp3) is 0.318. The second-order valence-corrected chi connectivity index (χ2v) is 10.5. The molecule has 2 aromatic heterocycles. The number of thiophene rings is 1. The zero-order valence-corrected chi connectivity index (χ0v) is 22.9. The van der Waals surface area contributed by atoms with Crippen molar-refractivity contribution < 1.29 is 23.9 Å². The standard InChI is InChI=1S/C22H23Cl2N5O5S2/c1-10(2)34-21(32)17-11(3)18(19(25)31)36-20(17)26-16(30)9-35-22-28-27-15(29(22)4)8-33-14-6-5-12(23)7-13(14)24/h5-7,10H,8-9H2,1-4H3,(H2,25,31)(H,26,30). The van der Waals surface area contributed by atoms with Crippen LogP contribution in [0.5, 0.6) is 5.75 Å². The maximum Gasteiger partial charge on any atom is 0.341 e. The summed E-state index contributed by atoms with van der Waals surface area (Å²) in [7, 11) is 1.74. The van der Waals surface area contributed by atoms with Gasteiger partial charge in [-0.05, 0) is 44.5 Å². The first-order valence-corrected chi connectivity index (χ1v) is 13.1. The smallest absolute Gasteiger partial charge is 0.341 e. The molecule has 3 rings (SSSR count). The number of anilines is 1. The van der Waals surface area contributed by atoms with Crippen molar-refractivity contribution in [1.29, 1.82) is 0 Å². The van der Waals surface area contributed by atoms with E-state index >= 15 is 0 Å². The van der Waals surface area contributed by atoms with Crippen LogP contribution in [0, 0.1) is 6.92 Å². The van der Waals surface area contributed by atoms with E-state index in [2.05, 4.69) is 15.5 Å². The number of ether oxygens (including phenoxy) is 2. The van der Waals surface area contributed by atoms with Gasteiger partial charge in [0, 0.05) is 12.1 Å². The van der Waals surface area contributed by atoms with E-state index in [0.717, 1.165) is 23.1 Å². The Hall–Kier alpha value is -2.80.